The maximum Gasteiger partial charge on any atom is 0.0513 e. The van der Waals surface area contributed by atoms with Gasteiger partial charge in [-0.25, -0.2) is 0 Å². The second-order valence-electron chi connectivity index (χ2n) is 5.78. The van der Waals surface area contributed by atoms with Gasteiger partial charge in [-0.1, -0.05) is 43.6 Å². The number of rotatable bonds is 4. The van der Waals surface area contributed by atoms with Crippen LogP contribution in [0, 0.1) is 5.92 Å². The van der Waals surface area contributed by atoms with Crippen molar-refractivity contribution in [1.82, 2.24) is 4.90 Å². The third-order valence-corrected chi connectivity index (χ3v) is 4.53. The lowest BCUT2D eigenvalue weighted by atomic mass is 9.91. The van der Waals surface area contributed by atoms with Crippen molar-refractivity contribution in [2.75, 3.05) is 13.1 Å². The van der Waals surface area contributed by atoms with Gasteiger partial charge in [-0.15, -0.1) is 0 Å². The molecule has 1 heterocycles. The van der Waals surface area contributed by atoms with Gasteiger partial charge in [-0.3, -0.25) is 4.90 Å². The van der Waals surface area contributed by atoms with Crippen LogP contribution < -0.4 is 5.73 Å². The van der Waals surface area contributed by atoms with Crippen LogP contribution in [0.15, 0.2) is 24.3 Å². The van der Waals surface area contributed by atoms with Crippen LogP contribution in [0.3, 0.4) is 0 Å². The Morgan fingerprint density at radius 1 is 1.42 bits per heavy atom. The topological polar surface area (TPSA) is 29.3 Å². The Hall–Kier alpha value is -0.570. The lowest BCUT2D eigenvalue weighted by Gasteiger charge is -2.40. The highest BCUT2D eigenvalue weighted by molar-refractivity contribution is 6.31. The summed E-state index contributed by atoms with van der Waals surface area (Å²) in [6, 6.07) is 8.54. The van der Waals surface area contributed by atoms with Gasteiger partial charge in [0.2, 0.25) is 0 Å². The van der Waals surface area contributed by atoms with Crippen LogP contribution in [0.1, 0.15) is 44.7 Å². The van der Waals surface area contributed by atoms with E-state index in [1.165, 1.54) is 18.4 Å². The van der Waals surface area contributed by atoms with E-state index in [0.29, 0.717) is 0 Å². The zero-order valence-electron chi connectivity index (χ0n) is 12.0. The molecular formula is C16H25ClN2. The van der Waals surface area contributed by atoms with Gasteiger partial charge in [-0.05, 0) is 43.4 Å². The van der Waals surface area contributed by atoms with E-state index in [-0.39, 0.29) is 12.1 Å². The minimum atomic E-state index is 0.144. The number of hydrogen-bond donors (Lipinski definition) is 1. The third-order valence-electron chi connectivity index (χ3n) is 4.18. The Labute approximate surface area is 121 Å². The van der Waals surface area contributed by atoms with E-state index < -0.39 is 0 Å². The van der Waals surface area contributed by atoms with Crippen molar-refractivity contribution in [1.29, 1.82) is 0 Å². The molecule has 106 valence electrons. The van der Waals surface area contributed by atoms with Crippen molar-refractivity contribution >= 4 is 11.6 Å². The molecular weight excluding hydrogens is 256 g/mol. The number of hydrogen-bond acceptors (Lipinski definition) is 2. The van der Waals surface area contributed by atoms with Crippen molar-refractivity contribution < 1.29 is 0 Å². The molecule has 3 unspecified atom stereocenters. The smallest absolute Gasteiger partial charge is 0.0513 e. The molecule has 19 heavy (non-hydrogen) atoms. The maximum atomic E-state index is 6.39. The molecule has 0 aliphatic carbocycles. The number of nitrogens with two attached hydrogens (primary N) is 1. The second kappa shape index (κ2) is 6.74. The lowest BCUT2D eigenvalue weighted by molar-refractivity contribution is 0.111. The van der Waals surface area contributed by atoms with Crippen molar-refractivity contribution in [3.63, 3.8) is 0 Å². The molecule has 0 aromatic heterocycles. The minimum absolute atomic E-state index is 0.144. The molecule has 0 amide bonds. The monoisotopic (exact) mass is 280 g/mol. The van der Waals surface area contributed by atoms with Gasteiger partial charge >= 0.3 is 0 Å². The Balaban J connectivity index is 2.28. The summed E-state index contributed by atoms with van der Waals surface area (Å²) in [5.41, 5.74) is 7.58. The van der Waals surface area contributed by atoms with Crippen molar-refractivity contribution in [2.24, 2.45) is 11.7 Å². The van der Waals surface area contributed by atoms with Crippen LogP contribution in [0.5, 0.6) is 0 Å². The molecule has 3 heteroatoms. The molecule has 1 aromatic rings. The summed E-state index contributed by atoms with van der Waals surface area (Å²) in [6.07, 6.45) is 3.56. The summed E-state index contributed by atoms with van der Waals surface area (Å²) in [5.74, 6) is 0.753. The van der Waals surface area contributed by atoms with Crippen LogP contribution in [-0.2, 0) is 0 Å². The average Bonchev–Trinajstić information content (AvgIpc) is 2.41. The molecule has 0 spiro atoms. The average molecular weight is 281 g/mol. The largest absolute Gasteiger partial charge is 0.326 e. The fourth-order valence-corrected chi connectivity index (χ4v) is 3.36. The fourth-order valence-electron chi connectivity index (χ4n) is 3.11. The van der Waals surface area contributed by atoms with E-state index >= 15 is 0 Å². The number of nitrogens with zero attached hydrogens (tertiary/aromatic N) is 1. The SMILES string of the molecule is CCC(N)C(c1ccccc1Cl)N1CCCC(C)C1. The summed E-state index contributed by atoms with van der Waals surface area (Å²) in [4.78, 5) is 2.53. The van der Waals surface area contributed by atoms with E-state index in [2.05, 4.69) is 30.9 Å². The lowest BCUT2D eigenvalue weighted by Crippen LogP contribution is -2.45. The van der Waals surface area contributed by atoms with Crippen LogP contribution in [-0.4, -0.2) is 24.0 Å². The summed E-state index contributed by atoms with van der Waals surface area (Å²) >= 11 is 6.39. The zero-order chi connectivity index (χ0) is 13.8. The van der Waals surface area contributed by atoms with Gasteiger partial charge in [0.1, 0.15) is 0 Å². The molecule has 1 aliphatic heterocycles. The van der Waals surface area contributed by atoms with E-state index in [0.717, 1.165) is 30.5 Å². The number of likely N-dealkylation sites (tertiary alicyclic amines) is 1. The van der Waals surface area contributed by atoms with E-state index in [4.69, 9.17) is 17.3 Å². The predicted molar refractivity (Wildman–Crippen MR) is 82.4 cm³/mol. The highest BCUT2D eigenvalue weighted by atomic mass is 35.5. The van der Waals surface area contributed by atoms with Gasteiger partial charge in [0.05, 0.1) is 6.04 Å². The highest BCUT2D eigenvalue weighted by Gasteiger charge is 2.30. The molecule has 1 aromatic carbocycles. The van der Waals surface area contributed by atoms with Crippen LogP contribution in [0.25, 0.3) is 0 Å². The molecule has 1 saturated heterocycles. The molecule has 1 fully saturated rings. The van der Waals surface area contributed by atoms with Crippen LogP contribution in [0.2, 0.25) is 5.02 Å². The first-order valence-corrected chi connectivity index (χ1v) is 7.75. The Morgan fingerprint density at radius 3 is 2.79 bits per heavy atom. The molecule has 0 bridgehead atoms. The Bertz CT molecular complexity index is 407. The molecule has 2 N–H and O–H groups in total. The van der Waals surface area contributed by atoms with Crippen LogP contribution >= 0.6 is 11.6 Å². The normalized spacial score (nSPS) is 24.1. The van der Waals surface area contributed by atoms with Crippen LogP contribution in [0.4, 0.5) is 0 Å². The zero-order valence-corrected chi connectivity index (χ0v) is 12.7. The number of benzene rings is 1. The number of halogens is 1. The first kappa shape index (κ1) is 14.8. The molecule has 2 nitrogen and oxygen atoms in total. The van der Waals surface area contributed by atoms with Crippen molar-refractivity contribution in [3.8, 4) is 0 Å². The Kier molecular flexibility index (Phi) is 5.26. The fraction of sp³-hybridized carbons (Fsp3) is 0.625. The molecule has 0 saturated carbocycles. The molecule has 0 radical (unpaired) electrons. The Morgan fingerprint density at radius 2 is 2.16 bits per heavy atom. The highest BCUT2D eigenvalue weighted by Crippen LogP contribution is 2.33. The number of piperidine rings is 1. The van der Waals surface area contributed by atoms with Crippen molar-refractivity contribution in [2.45, 2.75) is 45.2 Å². The summed E-state index contributed by atoms with van der Waals surface area (Å²) in [6.45, 7) is 6.74. The second-order valence-corrected chi connectivity index (χ2v) is 6.19. The third kappa shape index (κ3) is 3.50. The van der Waals surface area contributed by atoms with E-state index in [1.807, 2.05) is 12.1 Å². The maximum absolute atomic E-state index is 6.39. The summed E-state index contributed by atoms with van der Waals surface area (Å²) < 4.78 is 0. The standard InChI is InChI=1S/C16H25ClN2/c1-3-15(18)16(13-8-4-5-9-14(13)17)19-10-6-7-12(2)11-19/h4-5,8-9,12,15-16H,3,6-7,10-11,18H2,1-2H3. The minimum Gasteiger partial charge on any atom is -0.326 e. The van der Waals surface area contributed by atoms with Gasteiger partial charge < -0.3 is 5.73 Å². The van der Waals surface area contributed by atoms with E-state index in [9.17, 15) is 0 Å². The summed E-state index contributed by atoms with van der Waals surface area (Å²) in [5, 5.41) is 0.842. The van der Waals surface area contributed by atoms with Gasteiger partial charge in [0, 0.05) is 17.6 Å². The predicted octanol–water partition coefficient (Wildman–Crippen LogP) is 3.85. The van der Waals surface area contributed by atoms with Gasteiger partial charge in [0.15, 0.2) is 0 Å². The first-order valence-electron chi connectivity index (χ1n) is 7.37. The van der Waals surface area contributed by atoms with Gasteiger partial charge in [0.25, 0.3) is 0 Å². The quantitative estimate of drug-likeness (QED) is 0.908. The molecule has 3 atom stereocenters. The first-order chi connectivity index (χ1) is 9.13. The van der Waals surface area contributed by atoms with Gasteiger partial charge in [-0.2, -0.15) is 0 Å². The van der Waals surface area contributed by atoms with Crippen molar-refractivity contribution in [3.05, 3.63) is 34.9 Å². The van der Waals surface area contributed by atoms with E-state index in [1.54, 1.807) is 0 Å². The summed E-state index contributed by atoms with van der Waals surface area (Å²) in [7, 11) is 0. The molecule has 2 rings (SSSR count). The molecule has 1 aliphatic rings.